The Morgan fingerprint density at radius 2 is 1.86 bits per heavy atom. The van der Waals surface area contributed by atoms with Crippen molar-refractivity contribution in [1.29, 1.82) is 0 Å². The summed E-state index contributed by atoms with van der Waals surface area (Å²) < 4.78 is 0. The molecule has 21 heavy (non-hydrogen) atoms. The molecule has 0 aliphatic carbocycles. The molecule has 0 spiro atoms. The topological polar surface area (TPSA) is 133 Å². The number of amides is 1. The minimum absolute atomic E-state index is 0.257. The number of nitrogen functional groups attached to an aromatic ring is 2. The first-order valence-electron chi connectivity index (χ1n) is 5.92. The van der Waals surface area contributed by atoms with Crippen molar-refractivity contribution in [3.05, 3.63) is 28.8 Å². The number of nitrogens with two attached hydrogens (primary N) is 3. The predicted octanol–water partition coefficient (Wildman–Crippen LogP) is 1.40. The standard InChI is InChI=1S/C12H11ClN6OS/c13-5-1-4-6(17-11(20)10(4)16)2-7(5)21-12-18-8(14)3-9(15)19-12/h1-3,10H,16H2,(H,17,20)(H4,14,15,18,19). The molecular formula is C12H11ClN6OS. The first kappa shape index (κ1) is 13.9. The summed E-state index contributed by atoms with van der Waals surface area (Å²) in [7, 11) is 0. The highest BCUT2D eigenvalue weighted by molar-refractivity contribution is 7.99. The third-order valence-corrected chi connectivity index (χ3v) is 4.27. The highest BCUT2D eigenvalue weighted by Crippen LogP contribution is 2.39. The zero-order chi connectivity index (χ0) is 15.1. The minimum atomic E-state index is -0.698. The summed E-state index contributed by atoms with van der Waals surface area (Å²) in [6, 6.07) is 4.16. The van der Waals surface area contributed by atoms with Crippen molar-refractivity contribution in [3.8, 4) is 0 Å². The van der Waals surface area contributed by atoms with Gasteiger partial charge in [0.15, 0.2) is 5.16 Å². The minimum Gasteiger partial charge on any atom is -0.383 e. The van der Waals surface area contributed by atoms with Crippen molar-refractivity contribution in [2.75, 3.05) is 16.8 Å². The summed E-state index contributed by atoms with van der Waals surface area (Å²) in [5, 5.41) is 3.53. The van der Waals surface area contributed by atoms with Crippen LogP contribution in [0.5, 0.6) is 0 Å². The van der Waals surface area contributed by atoms with Crippen molar-refractivity contribution in [3.63, 3.8) is 0 Å². The van der Waals surface area contributed by atoms with Gasteiger partial charge in [0.25, 0.3) is 0 Å². The maximum atomic E-state index is 11.6. The molecule has 0 radical (unpaired) electrons. The van der Waals surface area contributed by atoms with Crippen LogP contribution in [0.4, 0.5) is 17.3 Å². The van der Waals surface area contributed by atoms with Crippen LogP contribution in [0.25, 0.3) is 0 Å². The van der Waals surface area contributed by atoms with E-state index in [2.05, 4.69) is 15.3 Å². The van der Waals surface area contributed by atoms with Crippen LogP contribution in [-0.4, -0.2) is 15.9 Å². The van der Waals surface area contributed by atoms with Gasteiger partial charge in [-0.3, -0.25) is 4.79 Å². The summed E-state index contributed by atoms with van der Waals surface area (Å²) in [6.45, 7) is 0. The molecule has 0 saturated carbocycles. The lowest BCUT2D eigenvalue weighted by Gasteiger charge is -2.08. The SMILES string of the molecule is Nc1cc(N)nc(Sc2cc3c(cc2Cl)C(N)C(=O)N3)n1. The Morgan fingerprint density at radius 3 is 2.52 bits per heavy atom. The molecule has 1 aromatic carbocycles. The van der Waals surface area contributed by atoms with Gasteiger partial charge in [-0.05, 0) is 23.9 Å². The second kappa shape index (κ2) is 5.06. The number of halogens is 1. The third-order valence-electron chi connectivity index (χ3n) is 2.93. The Kier molecular flexibility index (Phi) is 3.36. The van der Waals surface area contributed by atoms with Crippen molar-refractivity contribution >= 4 is 46.6 Å². The number of hydrogen-bond acceptors (Lipinski definition) is 7. The number of nitrogens with one attached hydrogen (secondary N) is 1. The molecule has 7 nitrogen and oxygen atoms in total. The molecule has 108 valence electrons. The van der Waals surface area contributed by atoms with E-state index in [1.165, 1.54) is 17.8 Å². The van der Waals surface area contributed by atoms with Gasteiger partial charge in [0.05, 0.1) is 5.02 Å². The number of fused-ring (bicyclic) bond motifs is 1. The van der Waals surface area contributed by atoms with Gasteiger partial charge >= 0.3 is 0 Å². The van der Waals surface area contributed by atoms with E-state index in [9.17, 15) is 4.79 Å². The van der Waals surface area contributed by atoms with Crippen LogP contribution in [0.3, 0.4) is 0 Å². The second-order valence-electron chi connectivity index (χ2n) is 4.44. The van der Waals surface area contributed by atoms with E-state index in [1.807, 2.05) is 0 Å². The van der Waals surface area contributed by atoms with Gasteiger partial charge in [0, 0.05) is 22.2 Å². The highest BCUT2D eigenvalue weighted by Gasteiger charge is 2.28. The molecule has 9 heteroatoms. The monoisotopic (exact) mass is 322 g/mol. The Hall–Kier alpha value is -2.03. The summed E-state index contributed by atoms with van der Waals surface area (Å²) in [5.74, 6) is 0.294. The molecule has 0 bridgehead atoms. The van der Waals surface area contributed by atoms with E-state index in [-0.39, 0.29) is 17.5 Å². The molecule has 1 aliphatic rings. The van der Waals surface area contributed by atoms with E-state index >= 15 is 0 Å². The summed E-state index contributed by atoms with van der Waals surface area (Å²) in [5.41, 5.74) is 18.3. The number of carbonyl (C=O) groups excluding carboxylic acids is 1. The fourth-order valence-corrected chi connectivity index (χ4v) is 3.09. The zero-order valence-corrected chi connectivity index (χ0v) is 12.2. The smallest absolute Gasteiger partial charge is 0.245 e. The number of hydrogen-bond donors (Lipinski definition) is 4. The lowest BCUT2D eigenvalue weighted by atomic mass is 10.1. The van der Waals surface area contributed by atoms with Crippen LogP contribution < -0.4 is 22.5 Å². The second-order valence-corrected chi connectivity index (χ2v) is 5.86. The molecule has 2 heterocycles. The molecule has 3 rings (SSSR count). The first-order chi connectivity index (χ1) is 9.94. The van der Waals surface area contributed by atoms with Gasteiger partial charge in [0.2, 0.25) is 5.91 Å². The molecule has 7 N–H and O–H groups in total. The van der Waals surface area contributed by atoms with Gasteiger partial charge in [-0.15, -0.1) is 0 Å². The average molecular weight is 323 g/mol. The van der Waals surface area contributed by atoms with Gasteiger partial charge in [0.1, 0.15) is 17.7 Å². The largest absolute Gasteiger partial charge is 0.383 e. The Morgan fingerprint density at radius 1 is 1.19 bits per heavy atom. The summed E-state index contributed by atoms with van der Waals surface area (Å²) in [6.07, 6.45) is 0. The van der Waals surface area contributed by atoms with Gasteiger partial charge in [-0.1, -0.05) is 11.6 Å². The first-order valence-corrected chi connectivity index (χ1v) is 7.11. The van der Waals surface area contributed by atoms with Crippen molar-refractivity contribution < 1.29 is 4.79 Å². The van der Waals surface area contributed by atoms with Crippen molar-refractivity contribution in [2.24, 2.45) is 5.73 Å². The third kappa shape index (κ3) is 2.60. The Labute approximate surface area is 129 Å². The van der Waals surface area contributed by atoms with Gasteiger partial charge < -0.3 is 22.5 Å². The number of carbonyl (C=O) groups is 1. The molecular weight excluding hydrogens is 312 g/mol. The Balaban J connectivity index is 1.97. The van der Waals surface area contributed by atoms with Gasteiger partial charge in [-0.25, -0.2) is 9.97 Å². The fraction of sp³-hybridized carbons (Fsp3) is 0.0833. The molecule has 1 amide bonds. The number of benzene rings is 1. The predicted molar refractivity (Wildman–Crippen MR) is 82.0 cm³/mol. The van der Waals surface area contributed by atoms with E-state index < -0.39 is 6.04 Å². The molecule has 1 unspecified atom stereocenters. The lowest BCUT2D eigenvalue weighted by Crippen LogP contribution is -2.19. The number of nitrogens with zero attached hydrogens (tertiary/aromatic N) is 2. The maximum absolute atomic E-state index is 11.6. The number of rotatable bonds is 2. The summed E-state index contributed by atoms with van der Waals surface area (Å²) in [4.78, 5) is 20.4. The average Bonchev–Trinajstić information content (AvgIpc) is 2.65. The molecule has 1 aromatic heterocycles. The molecule has 1 aliphatic heterocycles. The van der Waals surface area contributed by atoms with Crippen molar-refractivity contribution in [2.45, 2.75) is 16.1 Å². The van der Waals surface area contributed by atoms with Crippen LogP contribution in [0.2, 0.25) is 5.02 Å². The maximum Gasteiger partial charge on any atom is 0.245 e. The molecule has 2 aromatic rings. The number of aromatic nitrogens is 2. The summed E-state index contributed by atoms with van der Waals surface area (Å²) >= 11 is 7.42. The van der Waals surface area contributed by atoms with E-state index in [4.69, 9.17) is 28.8 Å². The highest BCUT2D eigenvalue weighted by atomic mass is 35.5. The quantitative estimate of drug-likeness (QED) is 0.614. The zero-order valence-electron chi connectivity index (χ0n) is 10.6. The Bertz CT molecular complexity index is 733. The fourth-order valence-electron chi connectivity index (χ4n) is 1.97. The van der Waals surface area contributed by atoms with E-state index in [0.29, 0.717) is 26.3 Å². The number of anilines is 3. The van der Waals surface area contributed by atoms with Gasteiger partial charge in [-0.2, -0.15) is 0 Å². The molecule has 1 atom stereocenters. The molecule has 0 fully saturated rings. The van der Waals surface area contributed by atoms with Crippen LogP contribution in [0, 0.1) is 0 Å². The van der Waals surface area contributed by atoms with Crippen LogP contribution in [0.15, 0.2) is 28.3 Å². The van der Waals surface area contributed by atoms with E-state index in [1.54, 1.807) is 12.1 Å². The lowest BCUT2D eigenvalue weighted by molar-refractivity contribution is -0.116. The molecule has 0 saturated heterocycles. The normalized spacial score (nSPS) is 16.7. The van der Waals surface area contributed by atoms with Crippen LogP contribution in [-0.2, 0) is 4.79 Å². The van der Waals surface area contributed by atoms with Crippen molar-refractivity contribution in [1.82, 2.24) is 9.97 Å². The van der Waals surface area contributed by atoms with E-state index in [0.717, 1.165) is 0 Å². The van der Waals surface area contributed by atoms with Crippen LogP contribution >= 0.6 is 23.4 Å². The van der Waals surface area contributed by atoms with Crippen LogP contribution in [0.1, 0.15) is 11.6 Å².